The maximum Gasteiger partial charge on any atom is 0.320 e. The van der Waals surface area contributed by atoms with Crippen LogP contribution in [-0.2, 0) is 47.7 Å². The molecule has 1 aliphatic heterocycles. The summed E-state index contributed by atoms with van der Waals surface area (Å²) in [5, 5.41) is 0. The third-order valence-corrected chi connectivity index (χ3v) is 8.40. The molecule has 0 amide bonds. The van der Waals surface area contributed by atoms with Crippen LogP contribution in [0.25, 0.3) is 0 Å². The van der Waals surface area contributed by atoms with Crippen molar-refractivity contribution in [3.05, 3.63) is 0 Å². The van der Waals surface area contributed by atoms with E-state index in [1.54, 1.807) is 41.5 Å². The number of hydrogen-bond acceptors (Lipinski definition) is 13. The molecule has 2 fully saturated rings. The first-order valence-electron chi connectivity index (χ1n) is 17.9. The molecule has 0 N–H and O–H groups in total. The molecule has 13 nitrogen and oxygen atoms in total. The number of rotatable bonds is 11. The number of carbonyl (C=O) groups is 5. The van der Waals surface area contributed by atoms with E-state index in [1.165, 1.54) is 7.11 Å². The highest BCUT2D eigenvalue weighted by Crippen LogP contribution is 2.41. The summed E-state index contributed by atoms with van der Waals surface area (Å²) in [6, 6.07) is 0. The lowest BCUT2D eigenvalue weighted by molar-refractivity contribution is -0.168. The molecule has 0 atom stereocenters. The van der Waals surface area contributed by atoms with E-state index in [2.05, 4.69) is 0 Å². The van der Waals surface area contributed by atoms with E-state index in [-0.39, 0.29) is 57.1 Å². The molecule has 13 heteroatoms. The highest BCUT2D eigenvalue weighted by atomic mass is 16.6. The quantitative estimate of drug-likeness (QED) is 0.226. The molecular formula is C37H65N3O10. The van der Waals surface area contributed by atoms with Crippen LogP contribution in [0.3, 0.4) is 0 Å². The number of carbonyl (C=O) groups excluding carboxylic acids is 5. The number of hydrogen-bond donors (Lipinski definition) is 0. The second kappa shape index (κ2) is 17.2. The molecular weight excluding hydrogens is 646 g/mol. The molecule has 0 aromatic heterocycles. The smallest absolute Gasteiger partial charge is 0.320 e. The van der Waals surface area contributed by atoms with Crippen LogP contribution in [0.2, 0.25) is 0 Å². The van der Waals surface area contributed by atoms with E-state index in [4.69, 9.17) is 23.7 Å². The van der Waals surface area contributed by atoms with E-state index < -0.39 is 51.8 Å². The fourth-order valence-corrected chi connectivity index (χ4v) is 6.83. The van der Waals surface area contributed by atoms with Crippen molar-refractivity contribution in [1.82, 2.24) is 14.7 Å². The minimum absolute atomic E-state index is 0.0382. The Morgan fingerprint density at radius 2 is 0.920 bits per heavy atom. The summed E-state index contributed by atoms with van der Waals surface area (Å²) in [5.41, 5.74) is -3.94. The van der Waals surface area contributed by atoms with Crippen molar-refractivity contribution in [2.24, 2.45) is 11.8 Å². The molecule has 1 heterocycles. The van der Waals surface area contributed by atoms with E-state index in [9.17, 15) is 24.0 Å². The van der Waals surface area contributed by atoms with Crippen LogP contribution >= 0.6 is 0 Å². The predicted molar refractivity (Wildman–Crippen MR) is 188 cm³/mol. The maximum absolute atomic E-state index is 13.6. The van der Waals surface area contributed by atoms with Gasteiger partial charge in [-0.25, -0.2) is 0 Å². The molecule has 0 spiro atoms. The van der Waals surface area contributed by atoms with Crippen molar-refractivity contribution in [3.8, 4) is 0 Å². The van der Waals surface area contributed by atoms with Gasteiger partial charge in [-0.15, -0.1) is 0 Å². The van der Waals surface area contributed by atoms with Gasteiger partial charge in [0.2, 0.25) is 0 Å². The van der Waals surface area contributed by atoms with Crippen LogP contribution in [0.1, 0.15) is 109 Å². The summed E-state index contributed by atoms with van der Waals surface area (Å²) in [7, 11) is 1.38. The molecule has 2 aliphatic rings. The Balaban J connectivity index is 2.74. The Kier molecular flexibility index (Phi) is 14.9. The molecule has 0 radical (unpaired) electrons. The number of nitrogens with zero attached hydrogens (tertiary/aromatic N) is 3. The predicted octanol–water partition coefficient (Wildman–Crippen LogP) is 3.99. The number of esters is 5. The van der Waals surface area contributed by atoms with Crippen molar-refractivity contribution in [2.75, 3.05) is 59.5 Å². The van der Waals surface area contributed by atoms with Gasteiger partial charge in [-0.3, -0.25) is 38.7 Å². The highest BCUT2D eigenvalue weighted by molar-refractivity contribution is 5.76. The highest BCUT2D eigenvalue weighted by Gasteiger charge is 2.51. The lowest BCUT2D eigenvalue weighted by atomic mass is 9.70. The SMILES string of the molecule is COC(=O)C1CCC(C2(N(CC(=O)OC(C)(C)C)CC(=O)OC(C)(C)C)CN(CC(=O)OC(C)(C)C)CCN(CC(=O)OC(C)(C)C)C2)CC1. The minimum atomic E-state index is -0.977. The van der Waals surface area contributed by atoms with Crippen molar-refractivity contribution >= 4 is 29.8 Å². The minimum Gasteiger partial charge on any atom is -0.469 e. The Labute approximate surface area is 300 Å². The largest absolute Gasteiger partial charge is 0.469 e. The van der Waals surface area contributed by atoms with Gasteiger partial charge in [-0.1, -0.05) is 0 Å². The van der Waals surface area contributed by atoms with Gasteiger partial charge in [0.15, 0.2) is 0 Å². The van der Waals surface area contributed by atoms with Gasteiger partial charge in [0.25, 0.3) is 0 Å². The molecule has 1 saturated heterocycles. The zero-order valence-corrected chi connectivity index (χ0v) is 33.1. The van der Waals surface area contributed by atoms with Gasteiger partial charge in [0.05, 0.1) is 44.7 Å². The summed E-state index contributed by atoms with van der Waals surface area (Å²) in [6.07, 6.45) is 2.26. The Hall–Kier alpha value is -2.77. The molecule has 2 rings (SSSR count). The van der Waals surface area contributed by atoms with Gasteiger partial charge < -0.3 is 23.7 Å². The van der Waals surface area contributed by atoms with E-state index >= 15 is 0 Å². The zero-order valence-electron chi connectivity index (χ0n) is 33.1. The molecule has 288 valence electrons. The third kappa shape index (κ3) is 15.2. The van der Waals surface area contributed by atoms with Gasteiger partial charge in [-0.2, -0.15) is 0 Å². The van der Waals surface area contributed by atoms with Gasteiger partial charge >= 0.3 is 29.8 Å². The molecule has 1 saturated carbocycles. The lowest BCUT2D eigenvalue weighted by Gasteiger charge is -2.52. The van der Waals surface area contributed by atoms with Crippen molar-refractivity contribution in [3.63, 3.8) is 0 Å². The molecule has 0 aromatic rings. The maximum atomic E-state index is 13.6. The topological polar surface area (TPSA) is 141 Å². The second-order valence-electron chi connectivity index (χ2n) is 17.8. The Morgan fingerprint density at radius 3 is 1.24 bits per heavy atom. The van der Waals surface area contributed by atoms with E-state index in [1.807, 2.05) is 56.2 Å². The molecule has 50 heavy (non-hydrogen) atoms. The Morgan fingerprint density at radius 1 is 0.580 bits per heavy atom. The van der Waals surface area contributed by atoms with Crippen LogP contribution in [0.5, 0.6) is 0 Å². The third-order valence-electron chi connectivity index (χ3n) is 8.40. The van der Waals surface area contributed by atoms with Crippen LogP contribution in [0.4, 0.5) is 0 Å². The summed E-state index contributed by atoms with van der Waals surface area (Å²) in [5.74, 6) is -2.57. The second-order valence-corrected chi connectivity index (χ2v) is 17.8. The number of methoxy groups -OCH3 is 1. The van der Waals surface area contributed by atoms with Gasteiger partial charge in [-0.05, 0) is 115 Å². The standard InChI is InChI=1S/C37H65N3O10/c1-33(2,3)47-28(41)20-38-18-19-39(21-29(42)48-34(4,5)6)25-37(24-38,27-16-14-26(15-17-27)32(45)46-13)40(22-30(43)49-35(7,8)9)23-31(44)50-36(10,11)12/h26-27H,14-25H2,1-13H3. The number of ether oxygens (including phenoxy) is 5. The van der Waals surface area contributed by atoms with E-state index in [0.29, 0.717) is 38.8 Å². The van der Waals surface area contributed by atoms with Crippen molar-refractivity contribution in [2.45, 2.75) is 137 Å². The fraction of sp³-hybridized carbons (Fsp3) is 0.865. The lowest BCUT2D eigenvalue weighted by Crippen LogP contribution is -2.66. The van der Waals surface area contributed by atoms with Crippen LogP contribution in [-0.4, -0.2) is 132 Å². The first-order chi connectivity index (χ1) is 22.7. The van der Waals surface area contributed by atoms with E-state index in [0.717, 1.165) is 0 Å². The first kappa shape index (κ1) is 43.4. The van der Waals surface area contributed by atoms with Crippen molar-refractivity contribution < 1.29 is 47.7 Å². The van der Waals surface area contributed by atoms with Gasteiger partial charge in [0, 0.05) is 26.2 Å². The van der Waals surface area contributed by atoms with Gasteiger partial charge in [0.1, 0.15) is 22.4 Å². The van der Waals surface area contributed by atoms with Crippen LogP contribution in [0.15, 0.2) is 0 Å². The molecule has 1 aliphatic carbocycles. The Bertz CT molecular complexity index is 1110. The van der Waals surface area contributed by atoms with Crippen LogP contribution in [0, 0.1) is 11.8 Å². The zero-order chi connectivity index (χ0) is 38.3. The average Bonchev–Trinajstić information content (AvgIpc) is 3.08. The summed E-state index contributed by atoms with van der Waals surface area (Å²) >= 11 is 0. The molecule has 0 aromatic carbocycles. The summed E-state index contributed by atoms with van der Waals surface area (Å²) < 4.78 is 28.1. The molecule has 0 bridgehead atoms. The van der Waals surface area contributed by atoms with Crippen LogP contribution < -0.4 is 0 Å². The average molecular weight is 712 g/mol. The summed E-state index contributed by atoms with van der Waals surface area (Å²) in [6.45, 7) is 22.4. The normalized spacial score (nSPS) is 21.2. The van der Waals surface area contributed by atoms with Crippen molar-refractivity contribution in [1.29, 1.82) is 0 Å². The summed E-state index contributed by atoms with van der Waals surface area (Å²) in [4.78, 5) is 72.2. The first-order valence-corrected chi connectivity index (χ1v) is 17.9. The molecule has 0 unspecified atom stereocenters. The fourth-order valence-electron chi connectivity index (χ4n) is 6.83. The monoisotopic (exact) mass is 711 g/mol.